The lowest BCUT2D eigenvalue weighted by Crippen LogP contribution is -2.53. The van der Waals surface area contributed by atoms with Crippen LogP contribution in [0.15, 0.2) is 0 Å². The van der Waals surface area contributed by atoms with Gasteiger partial charge >= 0.3 is 0 Å². The third kappa shape index (κ3) is 2.35. The summed E-state index contributed by atoms with van der Waals surface area (Å²) in [6.45, 7) is 7.22. The van der Waals surface area contributed by atoms with Gasteiger partial charge in [0.25, 0.3) is 0 Å². The number of ether oxygens (including phenoxy) is 1. The number of nitrogens with two attached hydrogens (primary N) is 1. The minimum Gasteiger partial charge on any atom is -0.379 e. The van der Waals surface area contributed by atoms with Crippen molar-refractivity contribution in [1.29, 1.82) is 0 Å². The van der Waals surface area contributed by atoms with Crippen molar-refractivity contribution in [1.82, 2.24) is 4.90 Å². The Hall–Kier alpha value is -0.120. The van der Waals surface area contributed by atoms with E-state index in [1.165, 1.54) is 19.3 Å². The van der Waals surface area contributed by atoms with Gasteiger partial charge in [0.2, 0.25) is 0 Å². The zero-order valence-corrected chi connectivity index (χ0v) is 10.0. The van der Waals surface area contributed by atoms with Crippen LogP contribution in [0.4, 0.5) is 0 Å². The van der Waals surface area contributed by atoms with Gasteiger partial charge in [-0.05, 0) is 32.6 Å². The molecular formula is C12H24N2O. The van der Waals surface area contributed by atoms with Gasteiger partial charge in [0.1, 0.15) is 0 Å². The van der Waals surface area contributed by atoms with Crippen LogP contribution in [0.3, 0.4) is 0 Å². The third-order valence-electron chi connectivity index (χ3n) is 4.06. The van der Waals surface area contributed by atoms with Gasteiger partial charge in [-0.3, -0.25) is 4.90 Å². The van der Waals surface area contributed by atoms with Gasteiger partial charge in [0, 0.05) is 25.2 Å². The molecule has 2 saturated heterocycles. The summed E-state index contributed by atoms with van der Waals surface area (Å²) in [7, 11) is 0. The Morgan fingerprint density at radius 2 is 2.27 bits per heavy atom. The smallest absolute Gasteiger partial charge is 0.0659 e. The fraction of sp³-hybridized carbons (Fsp3) is 1.00. The highest BCUT2D eigenvalue weighted by atomic mass is 16.5. The van der Waals surface area contributed by atoms with E-state index < -0.39 is 0 Å². The summed E-state index contributed by atoms with van der Waals surface area (Å²) < 4.78 is 5.42. The van der Waals surface area contributed by atoms with Crippen molar-refractivity contribution in [2.45, 2.75) is 57.2 Å². The van der Waals surface area contributed by atoms with Crippen LogP contribution in [0.2, 0.25) is 0 Å². The van der Waals surface area contributed by atoms with Gasteiger partial charge in [0.15, 0.2) is 0 Å². The first kappa shape index (κ1) is 11.4. The Balaban J connectivity index is 1.96. The second-order valence-electron chi connectivity index (χ2n) is 5.33. The molecule has 2 rings (SSSR count). The van der Waals surface area contributed by atoms with E-state index in [0.717, 1.165) is 32.2 Å². The molecule has 0 saturated carbocycles. The lowest BCUT2D eigenvalue weighted by molar-refractivity contribution is 0.127. The Kier molecular flexibility index (Phi) is 3.33. The van der Waals surface area contributed by atoms with E-state index in [9.17, 15) is 0 Å². The molecule has 0 spiro atoms. The highest BCUT2D eigenvalue weighted by Gasteiger charge is 2.38. The number of rotatable bonds is 3. The van der Waals surface area contributed by atoms with Crippen LogP contribution in [0.5, 0.6) is 0 Å². The number of nitrogens with zero attached hydrogens (tertiary/aromatic N) is 1. The van der Waals surface area contributed by atoms with E-state index in [-0.39, 0.29) is 5.54 Å². The molecule has 0 radical (unpaired) electrons. The predicted octanol–water partition coefficient (Wildman–Crippen LogP) is 1.37. The summed E-state index contributed by atoms with van der Waals surface area (Å²) in [5, 5.41) is 0. The van der Waals surface area contributed by atoms with E-state index in [4.69, 9.17) is 10.5 Å². The van der Waals surface area contributed by atoms with Gasteiger partial charge in [-0.25, -0.2) is 0 Å². The van der Waals surface area contributed by atoms with Crippen LogP contribution < -0.4 is 5.73 Å². The second-order valence-corrected chi connectivity index (χ2v) is 5.33. The summed E-state index contributed by atoms with van der Waals surface area (Å²) in [6, 6.07) is 1.46. The van der Waals surface area contributed by atoms with E-state index in [0.29, 0.717) is 6.04 Å². The van der Waals surface area contributed by atoms with Crippen LogP contribution in [0.25, 0.3) is 0 Å². The van der Waals surface area contributed by atoms with Crippen molar-refractivity contribution in [3.8, 4) is 0 Å². The van der Waals surface area contributed by atoms with Crippen molar-refractivity contribution in [3.05, 3.63) is 0 Å². The van der Waals surface area contributed by atoms with E-state index >= 15 is 0 Å². The summed E-state index contributed by atoms with van der Waals surface area (Å²) in [5.74, 6) is 0. The molecule has 2 heterocycles. The maximum Gasteiger partial charge on any atom is 0.0659 e. The normalized spacial score (nSPS) is 42.6. The molecule has 0 amide bonds. The Morgan fingerprint density at radius 1 is 1.47 bits per heavy atom. The highest BCUT2D eigenvalue weighted by molar-refractivity contribution is 4.96. The van der Waals surface area contributed by atoms with Gasteiger partial charge in [-0.15, -0.1) is 0 Å². The molecule has 2 N–H and O–H groups in total. The maximum atomic E-state index is 6.35. The number of hydrogen-bond acceptors (Lipinski definition) is 3. The van der Waals surface area contributed by atoms with Crippen LogP contribution >= 0.6 is 0 Å². The summed E-state index contributed by atoms with van der Waals surface area (Å²) in [5.41, 5.74) is 6.27. The zero-order chi connectivity index (χ0) is 10.9. The molecule has 2 aliphatic rings. The summed E-state index contributed by atoms with van der Waals surface area (Å²) >= 11 is 0. The summed E-state index contributed by atoms with van der Waals surface area (Å²) in [4.78, 5) is 2.61. The Bertz CT molecular complexity index is 214. The molecule has 0 bridgehead atoms. The predicted molar refractivity (Wildman–Crippen MR) is 61.8 cm³/mol. The van der Waals surface area contributed by atoms with Crippen LogP contribution in [-0.4, -0.2) is 42.3 Å². The molecule has 3 unspecified atom stereocenters. The zero-order valence-electron chi connectivity index (χ0n) is 10.0. The molecule has 3 heteroatoms. The molecular weight excluding hydrogens is 188 g/mol. The van der Waals surface area contributed by atoms with Crippen LogP contribution in [-0.2, 0) is 4.74 Å². The van der Waals surface area contributed by atoms with Crippen molar-refractivity contribution < 1.29 is 4.74 Å². The third-order valence-corrected chi connectivity index (χ3v) is 4.06. The fourth-order valence-electron chi connectivity index (χ4n) is 2.96. The standard InChI is InChI=1S/C12H24N2O/c1-3-11-5-4-10(2)14(11)8-12(13)6-7-15-9-12/h10-11H,3-9,13H2,1-2H3. The molecule has 15 heavy (non-hydrogen) atoms. The average molecular weight is 212 g/mol. The van der Waals surface area contributed by atoms with Crippen molar-refractivity contribution >= 4 is 0 Å². The van der Waals surface area contributed by atoms with Gasteiger partial charge in [-0.2, -0.15) is 0 Å². The first-order valence-corrected chi connectivity index (χ1v) is 6.27. The second kappa shape index (κ2) is 4.40. The first-order valence-electron chi connectivity index (χ1n) is 6.27. The Labute approximate surface area is 93.0 Å². The molecule has 0 aromatic rings. The molecule has 3 atom stereocenters. The van der Waals surface area contributed by atoms with E-state index in [1.54, 1.807) is 0 Å². The van der Waals surface area contributed by atoms with Crippen LogP contribution in [0, 0.1) is 0 Å². The molecule has 2 fully saturated rings. The van der Waals surface area contributed by atoms with E-state index in [1.807, 2.05) is 0 Å². The first-order chi connectivity index (χ1) is 7.14. The molecule has 0 aliphatic carbocycles. The molecule has 88 valence electrons. The van der Waals surface area contributed by atoms with Crippen molar-refractivity contribution in [2.75, 3.05) is 19.8 Å². The largest absolute Gasteiger partial charge is 0.379 e. The molecule has 3 nitrogen and oxygen atoms in total. The minimum atomic E-state index is -0.0774. The topological polar surface area (TPSA) is 38.5 Å². The SMILES string of the molecule is CCC1CCC(C)N1CC1(N)CCOC1. The quantitative estimate of drug-likeness (QED) is 0.768. The number of hydrogen-bond donors (Lipinski definition) is 1. The summed E-state index contributed by atoms with van der Waals surface area (Å²) in [6.07, 6.45) is 4.94. The van der Waals surface area contributed by atoms with E-state index in [2.05, 4.69) is 18.7 Å². The van der Waals surface area contributed by atoms with Gasteiger partial charge in [0.05, 0.1) is 12.1 Å². The lowest BCUT2D eigenvalue weighted by Gasteiger charge is -2.34. The molecule has 0 aromatic carbocycles. The Morgan fingerprint density at radius 3 is 2.87 bits per heavy atom. The maximum absolute atomic E-state index is 6.35. The molecule has 2 aliphatic heterocycles. The monoisotopic (exact) mass is 212 g/mol. The van der Waals surface area contributed by atoms with Gasteiger partial charge in [-0.1, -0.05) is 6.92 Å². The average Bonchev–Trinajstić information content (AvgIpc) is 2.76. The fourth-order valence-corrected chi connectivity index (χ4v) is 2.96. The van der Waals surface area contributed by atoms with Crippen molar-refractivity contribution in [3.63, 3.8) is 0 Å². The van der Waals surface area contributed by atoms with Gasteiger partial charge < -0.3 is 10.5 Å². The van der Waals surface area contributed by atoms with Crippen molar-refractivity contribution in [2.24, 2.45) is 5.73 Å². The lowest BCUT2D eigenvalue weighted by atomic mass is 9.98. The highest BCUT2D eigenvalue weighted by Crippen LogP contribution is 2.29. The number of likely N-dealkylation sites (tertiary alicyclic amines) is 1. The molecule has 0 aromatic heterocycles. The minimum absolute atomic E-state index is 0.0774. The van der Waals surface area contributed by atoms with Crippen LogP contribution in [0.1, 0.15) is 39.5 Å².